The third kappa shape index (κ3) is 5.60. The molecule has 0 saturated heterocycles. The van der Waals surface area contributed by atoms with Gasteiger partial charge in [-0.1, -0.05) is 17.7 Å². The SMILES string of the molecule is COC(=O)CC1c2cc(OC)c(OC)cc2CCN1Cc1nc(N)nc(Nc2ccc(C)cc2)n1. The van der Waals surface area contributed by atoms with Gasteiger partial charge >= 0.3 is 5.97 Å². The molecule has 3 aromatic rings. The number of carbonyl (C=O) groups excluding carboxylic acids is 1. The number of anilines is 3. The first-order valence-corrected chi connectivity index (χ1v) is 11.3. The van der Waals surface area contributed by atoms with Crippen LogP contribution in [-0.2, 0) is 22.5 Å². The van der Waals surface area contributed by atoms with Crippen molar-refractivity contribution in [3.05, 3.63) is 58.9 Å². The van der Waals surface area contributed by atoms with E-state index in [1.165, 1.54) is 7.11 Å². The number of hydrogen-bond acceptors (Lipinski definition) is 10. The number of nitrogens with one attached hydrogen (secondary N) is 1. The monoisotopic (exact) mass is 478 g/mol. The zero-order chi connectivity index (χ0) is 24.9. The van der Waals surface area contributed by atoms with E-state index < -0.39 is 0 Å². The number of aromatic nitrogens is 3. The highest BCUT2D eigenvalue weighted by molar-refractivity contribution is 5.70. The van der Waals surface area contributed by atoms with Crippen LogP contribution < -0.4 is 20.5 Å². The van der Waals surface area contributed by atoms with E-state index in [-0.39, 0.29) is 24.4 Å². The van der Waals surface area contributed by atoms with Gasteiger partial charge in [0.2, 0.25) is 11.9 Å². The molecule has 4 rings (SSSR count). The summed E-state index contributed by atoms with van der Waals surface area (Å²) in [4.78, 5) is 27.6. The average molecular weight is 479 g/mol. The number of fused-ring (bicyclic) bond motifs is 1. The van der Waals surface area contributed by atoms with Crippen LogP contribution in [0, 0.1) is 6.92 Å². The van der Waals surface area contributed by atoms with E-state index in [1.807, 2.05) is 43.3 Å². The van der Waals surface area contributed by atoms with Crippen LogP contribution in [0.4, 0.5) is 17.6 Å². The molecule has 0 aliphatic carbocycles. The van der Waals surface area contributed by atoms with Gasteiger partial charge in [0.25, 0.3) is 0 Å². The zero-order valence-electron chi connectivity index (χ0n) is 20.4. The summed E-state index contributed by atoms with van der Waals surface area (Å²) in [6, 6.07) is 11.5. The minimum atomic E-state index is -0.306. The van der Waals surface area contributed by atoms with Crippen molar-refractivity contribution in [2.45, 2.75) is 32.4 Å². The Morgan fingerprint density at radius 1 is 1.09 bits per heavy atom. The summed E-state index contributed by atoms with van der Waals surface area (Å²) in [6.45, 7) is 3.09. The van der Waals surface area contributed by atoms with Crippen molar-refractivity contribution >= 4 is 23.6 Å². The second-order valence-electron chi connectivity index (χ2n) is 8.35. The Morgan fingerprint density at radius 3 is 2.49 bits per heavy atom. The van der Waals surface area contributed by atoms with E-state index >= 15 is 0 Å². The molecule has 0 radical (unpaired) electrons. The van der Waals surface area contributed by atoms with E-state index in [0.29, 0.717) is 36.4 Å². The quantitative estimate of drug-likeness (QED) is 0.466. The van der Waals surface area contributed by atoms with Crippen LogP contribution in [-0.4, -0.2) is 53.7 Å². The maximum atomic E-state index is 12.3. The van der Waals surface area contributed by atoms with E-state index in [0.717, 1.165) is 28.8 Å². The molecule has 10 nitrogen and oxygen atoms in total. The number of aryl methyl sites for hydroxylation is 1. The van der Waals surface area contributed by atoms with E-state index in [9.17, 15) is 4.79 Å². The smallest absolute Gasteiger partial charge is 0.307 e. The van der Waals surface area contributed by atoms with Crippen molar-refractivity contribution in [2.24, 2.45) is 0 Å². The number of nitrogen functional groups attached to an aromatic ring is 1. The van der Waals surface area contributed by atoms with Crippen molar-refractivity contribution in [1.82, 2.24) is 19.9 Å². The Labute approximate surface area is 204 Å². The molecule has 1 aliphatic rings. The molecular formula is C25H30N6O4. The topological polar surface area (TPSA) is 125 Å². The van der Waals surface area contributed by atoms with Crippen molar-refractivity contribution in [1.29, 1.82) is 0 Å². The Morgan fingerprint density at radius 2 is 1.80 bits per heavy atom. The van der Waals surface area contributed by atoms with Crippen LogP contribution in [0.1, 0.15) is 35.0 Å². The van der Waals surface area contributed by atoms with Gasteiger partial charge in [0.05, 0.1) is 34.3 Å². The first-order valence-electron chi connectivity index (χ1n) is 11.3. The number of nitrogens with two attached hydrogens (primary N) is 1. The molecule has 1 aromatic heterocycles. The van der Waals surface area contributed by atoms with Gasteiger partial charge in [-0.25, -0.2) is 0 Å². The van der Waals surface area contributed by atoms with Gasteiger partial charge in [0, 0.05) is 18.3 Å². The molecule has 2 heterocycles. The highest BCUT2D eigenvalue weighted by atomic mass is 16.5. The molecule has 10 heteroatoms. The first-order chi connectivity index (χ1) is 16.9. The predicted molar refractivity (Wildman–Crippen MR) is 132 cm³/mol. The molecule has 35 heavy (non-hydrogen) atoms. The minimum absolute atomic E-state index is 0.123. The number of rotatable bonds is 8. The van der Waals surface area contributed by atoms with E-state index in [4.69, 9.17) is 19.9 Å². The lowest BCUT2D eigenvalue weighted by atomic mass is 9.90. The Balaban J connectivity index is 1.63. The molecular weight excluding hydrogens is 448 g/mol. The van der Waals surface area contributed by atoms with E-state index in [2.05, 4.69) is 25.2 Å². The van der Waals surface area contributed by atoms with Crippen LogP contribution in [0.5, 0.6) is 11.5 Å². The molecule has 0 bridgehead atoms. The first kappa shape index (κ1) is 24.2. The summed E-state index contributed by atoms with van der Waals surface area (Å²) in [5, 5.41) is 3.18. The van der Waals surface area contributed by atoms with Gasteiger partial charge in [-0.3, -0.25) is 9.69 Å². The molecule has 0 spiro atoms. The molecule has 3 N–H and O–H groups in total. The summed E-state index contributed by atoms with van der Waals surface area (Å²) in [6.07, 6.45) is 0.941. The molecule has 0 saturated carbocycles. The van der Waals surface area contributed by atoms with Gasteiger partial charge < -0.3 is 25.3 Å². The third-order valence-corrected chi connectivity index (χ3v) is 6.05. The number of benzene rings is 2. The minimum Gasteiger partial charge on any atom is -0.493 e. The third-order valence-electron chi connectivity index (χ3n) is 6.05. The van der Waals surface area contributed by atoms with Crippen LogP contribution in [0.2, 0.25) is 0 Å². The van der Waals surface area contributed by atoms with Crippen LogP contribution in [0.3, 0.4) is 0 Å². The summed E-state index contributed by atoms with van der Waals surface area (Å²) < 4.78 is 16.0. The summed E-state index contributed by atoms with van der Waals surface area (Å²) in [5.41, 5.74) is 10.1. The Kier molecular flexibility index (Phi) is 7.31. The maximum absolute atomic E-state index is 12.3. The fourth-order valence-electron chi connectivity index (χ4n) is 4.26. The van der Waals surface area contributed by atoms with Crippen LogP contribution >= 0.6 is 0 Å². The van der Waals surface area contributed by atoms with E-state index in [1.54, 1.807) is 14.2 Å². The van der Waals surface area contributed by atoms with Crippen molar-refractivity contribution in [2.75, 3.05) is 38.9 Å². The number of methoxy groups -OCH3 is 3. The lowest BCUT2D eigenvalue weighted by Gasteiger charge is -2.36. The second-order valence-corrected chi connectivity index (χ2v) is 8.35. The van der Waals surface area contributed by atoms with Gasteiger partial charge in [0.1, 0.15) is 5.82 Å². The standard InChI is InChI=1S/C25H30N6O4/c1-15-5-7-17(8-6-15)27-25-29-22(28-24(26)30-25)14-31-10-9-16-11-20(33-2)21(34-3)12-18(16)19(31)13-23(32)35-4/h5-8,11-12,19H,9-10,13-14H2,1-4H3,(H3,26,27,28,29,30). The number of ether oxygens (including phenoxy) is 3. The molecule has 184 valence electrons. The largest absolute Gasteiger partial charge is 0.493 e. The van der Waals surface area contributed by atoms with Gasteiger partial charge in [-0.15, -0.1) is 0 Å². The summed E-state index contributed by atoms with van der Waals surface area (Å²) >= 11 is 0. The fraction of sp³-hybridized carbons (Fsp3) is 0.360. The molecule has 0 amide bonds. The van der Waals surface area contributed by atoms with Crippen LogP contribution in [0.25, 0.3) is 0 Å². The Hall–Kier alpha value is -3.92. The Bertz CT molecular complexity index is 1200. The zero-order valence-corrected chi connectivity index (χ0v) is 20.4. The van der Waals surface area contributed by atoms with Crippen molar-refractivity contribution < 1.29 is 19.0 Å². The number of hydrogen-bond donors (Lipinski definition) is 2. The maximum Gasteiger partial charge on any atom is 0.307 e. The number of carbonyl (C=O) groups is 1. The second kappa shape index (κ2) is 10.6. The predicted octanol–water partition coefficient (Wildman–Crippen LogP) is 3.19. The highest BCUT2D eigenvalue weighted by Crippen LogP contribution is 2.40. The number of nitrogens with zero attached hydrogens (tertiary/aromatic N) is 4. The van der Waals surface area contributed by atoms with Crippen molar-refractivity contribution in [3.8, 4) is 11.5 Å². The lowest BCUT2D eigenvalue weighted by Crippen LogP contribution is -2.37. The fourth-order valence-corrected chi connectivity index (χ4v) is 4.26. The average Bonchev–Trinajstić information content (AvgIpc) is 2.85. The summed E-state index contributed by atoms with van der Waals surface area (Å²) in [5.74, 6) is 1.96. The molecule has 2 aromatic carbocycles. The summed E-state index contributed by atoms with van der Waals surface area (Å²) in [7, 11) is 4.59. The van der Waals surface area contributed by atoms with Gasteiger partial charge in [-0.2, -0.15) is 15.0 Å². The van der Waals surface area contributed by atoms with Crippen molar-refractivity contribution in [3.63, 3.8) is 0 Å². The van der Waals surface area contributed by atoms with Gasteiger partial charge in [0.15, 0.2) is 11.5 Å². The highest BCUT2D eigenvalue weighted by Gasteiger charge is 2.32. The molecule has 1 unspecified atom stereocenters. The van der Waals surface area contributed by atoms with Crippen LogP contribution in [0.15, 0.2) is 36.4 Å². The molecule has 1 aliphatic heterocycles. The molecule has 1 atom stereocenters. The number of esters is 1. The van der Waals surface area contributed by atoms with Gasteiger partial charge in [-0.05, 0) is 48.7 Å². The normalized spacial score (nSPS) is 15.3. The molecule has 0 fully saturated rings. The lowest BCUT2D eigenvalue weighted by molar-refractivity contribution is -0.142.